The van der Waals surface area contributed by atoms with Crippen molar-refractivity contribution in [1.29, 1.82) is 0 Å². The van der Waals surface area contributed by atoms with Crippen molar-refractivity contribution in [2.45, 2.75) is 44.6 Å². The van der Waals surface area contributed by atoms with E-state index in [1.54, 1.807) is 6.33 Å². The van der Waals surface area contributed by atoms with Crippen LogP contribution < -0.4 is 11.3 Å². The van der Waals surface area contributed by atoms with Crippen molar-refractivity contribution >= 4 is 0 Å². The van der Waals surface area contributed by atoms with Gasteiger partial charge in [-0.25, -0.2) is 9.97 Å². The summed E-state index contributed by atoms with van der Waals surface area (Å²) < 4.78 is 0. The number of nitrogens with two attached hydrogens (primary N) is 1. The van der Waals surface area contributed by atoms with E-state index in [1.807, 2.05) is 12.4 Å². The Bertz CT molecular complexity index is 423. The highest BCUT2D eigenvalue weighted by Crippen LogP contribution is 2.63. The SMILES string of the molecule is NNC(c1cncnc1)C12CC3CC(CC(C3)C1)C2. The van der Waals surface area contributed by atoms with Gasteiger partial charge in [-0.15, -0.1) is 0 Å². The predicted octanol–water partition coefficient (Wildman–Crippen LogP) is 2.20. The first-order valence-electron chi connectivity index (χ1n) is 7.50. The molecule has 1 heterocycles. The van der Waals surface area contributed by atoms with Gasteiger partial charge in [0, 0.05) is 18.0 Å². The number of nitrogens with one attached hydrogen (secondary N) is 1. The van der Waals surface area contributed by atoms with Crippen LogP contribution in [0.15, 0.2) is 18.7 Å². The van der Waals surface area contributed by atoms with Gasteiger partial charge >= 0.3 is 0 Å². The van der Waals surface area contributed by atoms with Crippen molar-refractivity contribution in [2.75, 3.05) is 0 Å². The quantitative estimate of drug-likeness (QED) is 0.644. The van der Waals surface area contributed by atoms with Crippen LogP contribution in [0.5, 0.6) is 0 Å². The molecule has 4 saturated carbocycles. The Hall–Kier alpha value is -1.00. The summed E-state index contributed by atoms with van der Waals surface area (Å²) in [4.78, 5) is 8.35. The summed E-state index contributed by atoms with van der Waals surface area (Å²) in [7, 11) is 0. The van der Waals surface area contributed by atoms with Gasteiger partial charge in [-0.05, 0) is 61.7 Å². The fourth-order valence-corrected chi connectivity index (χ4v) is 5.62. The van der Waals surface area contributed by atoms with Crippen molar-refractivity contribution in [1.82, 2.24) is 15.4 Å². The number of rotatable bonds is 3. The van der Waals surface area contributed by atoms with E-state index in [0.717, 1.165) is 23.3 Å². The Morgan fingerprint density at radius 3 is 2.05 bits per heavy atom. The van der Waals surface area contributed by atoms with E-state index in [9.17, 15) is 0 Å². The van der Waals surface area contributed by atoms with E-state index >= 15 is 0 Å². The van der Waals surface area contributed by atoms with Crippen molar-refractivity contribution in [3.63, 3.8) is 0 Å². The van der Waals surface area contributed by atoms with Crippen molar-refractivity contribution in [3.05, 3.63) is 24.3 Å². The maximum absolute atomic E-state index is 5.92. The van der Waals surface area contributed by atoms with Gasteiger partial charge in [-0.3, -0.25) is 11.3 Å². The van der Waals surface area contributed by atoms with Gasteiger partial charge in [0.05, 0.1) is 6.04 Å². The molecule has 1 atom stereocenters. The molecule has 4 nitrogen and oxygen atoms in total. The van der Waals surface area contributed by atoms with E-state index in [0.29, 0.717) is 5.41 Å². The highest BCUT2D eigenvalue weighted by molar-refractivity contribution is 5.17. The molecule has 5 rings (SSSR count). The molecular formula is C15H22N4. The molecule has 1 unspecified atom stereocenters. The van der Waals surface area contributed by atoms with Crippen LogP contribution in [0.1, 0.15) is 50.1 Å². The smallest absolute Gasteiger partial charge is 0.115 e. The van der Waals surface area contributed by atoms with Crippen molar-refractivity contribution in [3.8, 4) is 0 Å². The highest BCUT2D eigenvalue weighted by atomic mass is 15.2. The van der Waals surface area contributed by atoms with Crippen LogP contribution in [0.3, 0.4) is 0 Å². The third-order valence-corrected chi connectivity index (χ3v) is 5.78. The lowest BCUT2D eigenvalue weighted by molar-refractivity contribution is -0.0750. The lowest BCUT2D eigenvalue weighted by Gasteiger charge is -2.59. The molecule has 19 heavy (non-hydrogen) atoms. The molecule has 102 valence electrons. The maximum atomic E-state index is 5.92. The standard InChI is InChI=1S/C15H22N4/c16-19-14(13-7-17-9-18-8-13)15-4-10-1-11(5-15)3-12(2-10)6-15/h7-12,14,19H,1-6,16H2. The van der Waals surface area contributed by atoms with Crippen LogP contribution >= 0.6 is 0 Å². The summed E-state index contributed by atoms with van der Waals surface area (Å²) in [6.45, 7) is 0. The van der Waals surface area contributed by atoms with Gasteiger partial charge < -0.3 is 0 Å². The zero-order valence-corrected chi connectivity index (χ0v) is 11.3. The molecule has 0 amide bonds. The zero-order chi connectivity index (χ0) is 12.9. The van der Waals surface area contributed by atoms with Crippen LogP contribution in [-0.4, -0.2) is 9.97 Å². The van der Waals surface area contributed by atoms with E-state index in [4.69, 9.17) is 5.84 Å². The largest absolute Gasteiger partial charge is 0.271 e. The molecule has 4 fully saturated rings. The number of aromatic nitrogens is 2. The first kappa shape index (κ1) is 11.8. The third-order valence-electron chi connectivity index (χ3n) is 5.78. The summed E-state index contributed by atoms with van der Waals surface area (Å²) in [5, 5.41) is 0. The average Bonchev–Trinajstić information content (AvgIpc) is 2.38. The van der Waals surface area contributed by atoms with Gasteiger partial charge in [0.1, 0.15) is 6.33 Å². The first-order valence-corrected chi connectivity index (χ1v) is 7.50. The van der Waals surface area contributed by atoms with E-state index in [-0.39, 0.29) is 6.04 Å². The molecular weight excluding hydrogens is 236 g/mol. The summed E-state index contributed by atoms with van der Waals surface area (Å²) in [5.74, 6) is 8.73. The van der Waals surface area contributed by atoms with Gasteiger partial charge in [0.25, 0.3) is 0 Å². The molecule has 0 radical (unpaired) electrons. The molecule has 0 spiro atoms. The molecule has 0 aromatic carbocycles. The Balaban J connectivity index is 1.70. The minimum Gasteiger partial charge on any atom is -0.271 e. The molecule has 1 aromatic heterocycles. The van der Waals surface area contributed by atoms with Gasteiger partial charge in [0.15, 0.2) is 0 Å². The Morgan fingerprint density at radius 1 is 1.05 bits per heavy atom. The van der Waals surface area contributed by atoms with E-state index in [2.05, 4.69) is 15.4 Å². The first-order chi connectivity index (χ1) is 9.29. The third kappa shape index (κ3) is 1.81. The van der Waals surface area contributed by atoms with Gasteiger partial charge in [0.2, 0.25) is 0 Å². The molecule has 0 saturated heterocycles. The summed E-state index contributed by atoms with van der Waals surface area (Å²) in [5.41, 5.74) is 4.61. The summed E-state index contributed by atoms with van der Waals surface area (Å²) in [6.07, 6.45) is 13.8. The minimum absolute atomic E-state index is 0.224. The molecule has 3 N–H and O–H groups in total. The van der Waals surface area contributed by atoms with Crippen LogP contribution in [0.4, 0.5) is 0 Å². The molecule has 4 heteroatoms. The van der Waals surface area contributed by atoms with E-state index in [1.165, 1.54) is 38.5 Å². The van der Waals surface area contributed by atoms with Crippen LogP contribution in [0, 0.1) is 23.2 Å². The second-order valence-corrected chi connectivity index (χ2v) is 7.05. The second kappa shape index (κ2) is 4.25. The van der Waals surface area contributed by atoms with Crippen LogP contribution in [0.2, 0.25) is 0 Å². The molecule has 0 aliphatic heterocycles. The van der Waals surface area contributed by atoms with Crippen molar-refractivity contribution in [2.24, 2.45) is 29.0 Å². The van der Waals surface area contributed by atoms with Crippen molar-refractivity contribution < 1.29 is 0 Å². The summed E-state index contributed by atoms with van der Waals surface area (Å²) >= 11 is 0. The lowest BCUT2D eigenvalue weighted by Crippen LogP contribution is -2.53. The highest BCUT2D eigenvalue weighted by Gasteiger charge is 2.54. The maximum Gasteiger partial charge on any atom is 0.115 e. The zero-order valence-electron chi connectivity index (χ0n) is 11.3. The Labute approximate surface area is 114 Å². The molecule has 4 bridgehead atoms. The average molecular weight is 258 g/mol. The van der Waals surface area contributed by atoms with Gasteiger partial charge in [-0.2, -0.15) is 0 Å². The fourth-order valence-electron chi connectivity index (χ4n) is 5.62. The topological polar surface area (TPSA) is 63.8 Å². The normalized spacial score (nSPS) is 41.4. The molecule has 4 aliphatic carbocycles. The molecule has 1 aromatic rings. The summed E-state index contributed by atoms with van der Waals surface area (Å²) in [6, 6.07) is 0.224. The number of hydrogen-bond acceptors (Lipinski definition) is 4. The Kier molecular flexibility index (Phi) is 2.64. The number of hydrazine groups is 1. The predicted molar refractivity (Wildman–Crippen MR) is 72.7 cm³/mol. The van der Waals surface area contributed by atoms with E-state index < -0.39 is 0 Å². The monoisotopic (exact) mass is 258 g/mol. The van der Waals surface area contributed by atoms with Crippen LogP contribution in [0.25, 0.3) is 0 Å². The van der Waals surface area contributed by atoms with Gasteiger partial charge in [-0.1, -0.05) is 0 Å². The Morgan fingerprint density at radius 2 is 1.58 bits per heavy atom. The lowest BCUT2D eigenvalue weighted by atomic mass is 9.47. The second-order valence-electron chi connectivity index (χ2n) is 7.05. The fraction of sp³-hybridized carbons (Fsp3) is 0.733. The number of nitrogens with zero attached hydrogens (tertiary/aromatic N) is 2. The minimum atomic E-state index is 0.224. The molecule has 4 aliphatic rings. The van der Waals surface area contributed by atoms with Crippen LogP contribution in [-0.2, 0) is 0 Å². The number of hydrogen-bond donors (Lipinski definition) is 2.